The minimum atomic E-state index is -0.865. The van der Waals surface area contributed by atoms with E-state index in [-0.39, 0.29) is 29.0 Å². The Morgan fingerprint density at radius 1 is 1.09 bits per heavy atom. The lowest BCUT2D eigenvalue weighted by atomic mass is 9.74. The molecule has 3 heteroatoms. The zero-order valence-corrected chi connectivity index (χ0v) is 14.8. The highest BCUT2D eigenvalue weighted by Gasteiger charge is 2.61. The number of ether oxygens (including phenoxy) is 2. The Morgan fingerprint density at radius 3 is 2.05 bits per heavy atom. The summed E-state index contributed by atoms with van der Waals surface area (Å²) in [5.74, 6) is -0.267. The molecule has 0 spiro atoms. The number of hydrogen-bond acceptors (Lipinski definition) is 3. The van der Waals surface area contributed by atoms with Crippen molar-refractivity contribution in [3.05, 3.63) is 35.9 Å². The van der Waals surface area contributed by atoms with Gasteiger partial charge >= 0.3 is 5.97 Å². The van der Waals surface area contributed by atoms with Crippen LogP contribution < -0.4 is 0 Å². The quantitative estimate of drug-likeness (QED) is 0.608. The standard InChI is InChI=1S/C19H28O3/c1-17(2,3)15(18(4,5)6)21-16(20)19(7)14(22-19)13-11-9-8-10-12-13/h8-12,14-15H,1-7H3. The number of rotatable bonds is 3. The summed E-state index contributed by atoms with van der Waals surface area (Å²) >= 11 is 0. The van der Waals surface area contributed by atoms with E-state index in [1.165, 1.54) is 0 Å². The van der Waals surface area contributed by atoms with Crippen molar-refractivity contribution < 1.29 is 14.3 Å². The van der Waals surface area contributed by atoms with E-state index in [0.29, 0.717) is 0 Å². The lowest BCUT2D eigenvalue weighted by Gasteiger charge is -2.40. The smallest absolute Gasteiger partial charge is 0.341 e. The Bertz CT molecular complexity index is 522. The van der Waals surface area contributed by atoms with Gasteiger partial charge in [0.25, 0.3) is 0 Å². The number of carbonyl (C=O) groups excluding carboxylic acids is 1. The second kappa shape index (κ2) is 5.38. The van der Waals surface area contributed by atoms with Crippen LogP contribution in [0.25, 0.3) is 0 Å². The van der Waals surface area contributed by atoms with Crippen LogP contribution in [0, 0.1) is 10.8 Å². The fraction of sp³-hybridized carbons (Fsp3) is 0.632. The molecule has 3 nitrogen and oxygen atoms in total. The van der Waals surface area contributed by atoms with Crippen LogP contribution in [0.15, 0.2) is 30.3 Å². The molecule has 1 aliphatic rings. The summed E-state index contributed by atoms with van der Waals surface area (Å²) in [4.78, 5) is 12.7. The fourth-order valence-electron chi connectivity index (χ4n) is 3.26. The number of benzene rings is 1. The molecule has 1 saturated heterocycles. The third-order valence-corrected chi connectivity index (χ3v) is 4.11. The number of epoxide rings is 1. The van der Waals surface area contributed by atoms with Gasteiger partial charge in [-0.05, 0) is 23.3 Å². The van der Waals surface area contributed by atoms with Crippen molar-refractivity contribution in [2.24, 2.45) is 10.8 Å². The molecule has 2 atom stereocenters. The first kappa shape index (κ1) is 17.0. The molecule has 0 saturated carbocycles. The van der Waals surface area contributed by atoms with Crippen molar-refractivity contribution in [2.75, 3.05) is 0 Å². The van der Waals surface area contributed by atoms with Gasteiger partial charge in [0, 0.05) is 0 Å². The summed E-state index contributed by atoms with van der Waals surface area (Å²) < 4.78 is 11.6. The third kappa shape index (κ3) is 3.35. The molecule has 2 unspecified atom stereocenters. The van der Waals surface area contributed by atoms with Gasteiger partial charge in [-0.15, -0.1) is 0 Å². The molecular weight excluding hydrogens is 276 g/mol. The molecule has 0 amide bonds. The first-order valence-electron chi connectivity index (χ1n) is 7.90. The van der Waals surface area contributed by atoms with Crippen LogP contribution >= 0.6 is 0 Å². The second-order valence-corrected chi connectivity index (χ2v) is 8.53. The van der Waals surface area contributed by atoms with Gasteiger partial charge in [0.2, 0.25) is 0 Å². The summed E-state index contributed by atoms with van der Waals surface area (Å²) in [5, 5.41) is 0. The first-order valence-corrected chi connectivity index (χ1v) is 7.90. The van der Waals surface area contributed by atoms with Gasteiger partial charge in [-0.25, -0.2) is 4.79 Å². The predicted octanol–water partition coefficient (Wildman–Crippen LogP) is 4.52. The molecule has 0 aromatic heterocycles. The molecule has 22 heavy (non-hydrogen) atoms. The fourth-order valence-corrected chi connectivity index (χ4v) is 3.26. The summed E-state index contributed by atoms with van der Waals surface area (Å²) in [6, 6.07) is 9.82. The van der Waals surface area contributed by atoms with Crippen molar-refractivity contribution in [3.63, 3.8) is 0 Å². The zero-order chi connectivity index (χ0) is 16.8. The summed E-state index contributed by atoms with van der Waals surface area (Å²) in [7, 11) is 0. The maximum Gasteiger partial charge on any atom is 0.341 e. The molecule has 1 aromatic rings. The van der Waals surface area contributed by atoms with Crippen LogP contribution in [0.1, 0.15) is 60.1 Å². The van der Waals surface area contributed by atoms with Crippen LogP contribution in [-0.2, 0) is 14.3 Å². The monoisotopic (exact) mass is 304 g/mol. The molecule has 1 fully saturated rings. The van der Waals surface area contributed by atoms with Gasteiger partial charge in [0.15, 0.2) is 5.60 Å². The predicted molar refractivity (Wildman–Crippen MR) is 87.5 cm³/mol. The molecule has 0 N–H and O–H groups in total. The Hall–Kier alpha value is -1.35. The van der Waals surface area contributed by atoms with Crippen molar-refractivity contribution in [3.8, 4) is 0 Å². The van der Waals surface area contributed by atoms with Crippen molar-refractivity contribution in [1.82, 2.24) is 0 Å². The maximum absolute atomic E-state index is 12.7. The largest absolute Gasteiger partial charge is 0.459 e. The Balaban J connectivity index is 2.13. The topological polar surface area (TPSA) is 38.8 Å². The normalized spacial score (nSPS) is 25.2. The van der Waals surface area contributed by atoms with E-state index in [9.17, 15) is 4.79 Å². The molecule has 1 heterocycles. The Kier molecular flexibility index (Phi) is 4.16. The van der Waals surface area contributed by atoms with Crippen LogP contribution in [-0.4, -0.2) is 17.7 Å². The minimum absolute atomic E-state index is 0.124. The van der Waals surface area contributed by atoms with Gasteiger partial charge in [-0.1, -0.05) is 71.9 Å². The molecule has 122 valence electrons. The SMILES string of the molecule is CC(C)(C)C(OC(=O)C1(C)OC1c1ccccc1)C(C)(C)C. The number of esters is 1. The highest BCUT2D eigenvalue weighted by molar-refractivity contribution is 5.83. The molecule has 1 aromatic carbocycles. The van der Waals surface area contributed by atoms with Crippen LogP contribution in [0.2, 0.25) is 0 Å². The zero-order valence-electron chi connectivity index (χ0n) is 14.8. The van der Waals surface area contributed by atoms with Gasteiger partial charge in [0.05, 0.1) is 0 Å². The van der Waals surface area contributed by atoms with E-state index in [1.54, 1.807) is 0 Å². The van der Waals surface area contributed by atoms with Crippen LogP contribution in [0.3, 0.4) is 0 Å². The van der Waals surface area contributed by atoms with Crippen molar-refractivity contribution >= 4 is 5.97 Å². The van der Waals surface area contributed by atoms with Crippen molar-refractivity contribution in [2.45, 2.75) is 66.3 Å². The van der Waals surface area contributed by atoms with E-state index in [1.807, 2.05) is 37.3 Å². The van der Waals surface area contributed by atoms with E-state index in [2.05, 4.69) is 41.5 Å². The molecule has 1 aliphatic heterocycles. The average molecular weight is 304 g/mol. The van der Waals surface area contributed by atoms with Gasteiger partial charge < -0.3 is 9.47 Å². The average Bonchev–Trinajstić information content (AvgIpc) is 3.08. The van der Waals surface area contributed by atoms with Gasteiger partial charge in [-0.3, -0.25) is 0 Å². The van der Waals surface area contributed by atoms with Gasteiger partial charge in [0.1, 0.15) is 12.2 Å². The minimum Gasteiger partial charge on any atom is -0.459 e. The highest BCUT2D eigenvalue weighted by atomic mass is 16.7. The molecule has 0 aliphatic carbocycles. The Morgan fingerprint density at radius 2 is 1.59 bits per heavy atom. The van der Waals surface area contributed by atoms with Crippen LogP contribution in [0.5, 0.6) is 0 Å². The maximum atomic E-state index is 12.7. The van der Waals surface area contributed by atoms with Gasteiger partial charge in [-0.2, -0.15) is 0 Å². The van der Waals surface area contributed by atoms with Crippen molar-refractivity contribution in [1.29, 1.82) is 0 Å². The molecule has 0 radical (unpaired) electrons. The highest BCUT2D eigenvalue weighted by Crippen LogP contribution is 2.51. The van der Waals surface area contributed by atoms with E-state index < -0.39 is 5.60 Å². The second-order valence-electron chi connectivity index (χ2n) is 8.53. The first-order chi connectivity index (χ1) is 9.96. The lowest BCUT2D eigenvalue weighted by molar-refractivity contribution is -0.169. The number of hydrogen-bond donors (Lipinski definition) is 0. The summed E-state index contributed by atoms with van der Waals surface area (Å²) in [6.45, 7) is 14.4. The summed E-state index contributed by atoms with van der Waals surface area (Å²) in [6.07, 6.45) is -0.383. The van der Waals surface area contributed by atoms with E-state index in [0.717, 1.165) is 5.56 Å². The van der Waals surface area contributed by atoms with E-state index >= 15 is 0 Å². The molecule has 2 rings (SSSR count). The Labute approximate surface area is 134 Å². The summed E-state index contributed by atoms with van der Waals surface area (Å²) in [5.41, 5.74) is -0.0937. The lowest BCUT2D eigenvalue weighted by Crippen LogP contribution is -2.44. The van der Waals surface area contributed by atoms with E-state index in [4.69, 9.17) is 9.47 Å². The van der Waals surface area contributed by atoms with Crippen LogP contribution in [0.4, 0.5) is 0 Å². The number of carbonyl (C=O) groups is 1. The molecule has 0 bridgehead atoms. The molecular formula is C19H28O3. The third-order valence-electron chi connectivity index (χ3n) is 4.11.